The van der Waals surface area contributed by atoms with Crippen LogP contribution in [0.4, 0.5) is 5.69 Å². The van der Waals surface area contributed by atoms with Crippen LogP contribution in [0.5, 0.6) is 0 Å². The van der Waals surface area contributed by atoms with Crippen LogP contribution in [0, 0.1) is 0 Å². The van der Waals surface area contributed by atoms with E-state index < -0.39 is 0 Å². The lowest BCUT2D eigenvalue weighted by Gasteiger charge is -2.05. The van der Waals surface area contributed by atoms with Crippen LogP contribution in [-0.4, -0.2) is 36.1 Å². The Balaban J connectivity index is 1.63. The maximum Gasteiger partial charge on any atom is 0.257 e. The number of benzene rings is 1. The van der Waals surface area contributed by atoms with Gasteiger partial charge in [-0.1, -0.05) is 0 Å². The summed E-state index contributed by atoms with van der Waals surface area (Å²) in [6, 6.07) is 5.36. The molecule has 0 unspecified atom stereocenters. The molecule has 0 aliphatic carbocycles. The highest BCUT2D eigenvalue weighted by Crippen LogP contribution is 2.24. The van der Waals surface area contributed by atoms with Crippen molar-refractivity contribution in [3.05, 3.63) is 48.5 Å². The Kier molecular flexibility index (Phi) is 2.94. The lowest BCUT2D eigenvalue weighted by atomic mass is 10.1. The molecule has 3 N–H and O–H groups in total. The number of nitrogens with zero attached hydrogens (tertiary/aromatic N) is 4. The number of carbonyl (C=O) groups is 1. The third-order valence-electron chi connectivity index (χ3n) is 3.58. The van der Waals surface area contributed by atoms with Crippen LogP contribution in [0.25, 0.3) is 22.2 Å². The van der Waals surface area contributed by atoms with E-state index >= 15 is 0 Å². The maximum absolute atomic E-state index is 12.5. The highest BCUT2D eigenvalue weighted by Gasteiger charge is 2.15. The predicted octanol–water partition coefficient (Wildman–Crippen LogP) is 1.94. The quantitative estimate of drug-likeness (QED) is 0.538. The largest absolute Gasteiger partial charge is 0.366 e. The van der Waals surface area contributed by atoms with Gasteiger partial charge < -0.3 is 10.3 Å². The van der Waals surface area contributed by atoms with E-state index in [2.05, 4.69) is 30.8 Å². The van der Waals surface area contributed by atoms with Crippen LogP contribution in [0.2, 0.25) is 0 Å². The topological polar surface area (TPSA) is 104 Å². The van der Waals surface area contributed by atoms with E-state index in [0.717, 1.165) is 16.6 Å². The minimum absolute atomic E-state index is 0.201. The summed E-state index contributed by atoms with van der Waals surface area (Å²) < 4.78 is 1.70. The lowest BCUT2D eigenvalue weighted by molar-refractivity contribution is 0.102. The molecule has 0 saturated carbocycles. The van der Waals surface area contributed by atoms with Gasteiger partial charge in [0, 0.05) is 42.5 Å². The van der Waals surface area contributed by atoms with Crippen LogP contribution in [0.3, 0.4) is 0 Å². The van der Waals surface area contributed by atoms with Gasteiger partial charge in [-0.15, -0.1) is 0 Å². The molecule has 0 aliphatic rings. The monoisotopic (exact) mass is 307 g/mol. The van der Waals surface area contributed by atoms with E-state index in [4.69, 9.17) is 0 Å². The number of hydrogen-bond acceptors (Lipinski definition) is 4. The standard InChI is InChI=1S/C15H13N7O/c1-22-8-9(5-17-22)11-6-16-7-12(11)15(23)18-10-2-3-13-14(4-10)20-21-19-13/h2-8,16H,1H3,(H,18,23)(H,19,20,21). The van der Waals surface area contributed by atoms with Crippen LogP contribution in [-0.2, 0) is 7.05 Å². The average molecular weight is 307 g/mol. The molecular weight excluding hydrogens is 294 g/mol. The van der Waals surface area contributed by atoms with Gasteiger partial charge >= 0.3 is 0 Å². The number of H-pyrrole nitrogens is 2. The third-order valence-corrected chi connectivity index (χ3v) is 3.58. The Morgan fingerprint density at radius 2 is 2.09 bits per heavy atom. The van der Waals surface area contributed by atoms with E-state index in [1.54, 1.807) is 41.5 Å². The Morgan fingerprint density at radius 1 is 1.22 bits per heavy atom. The number of carbonyl (C=O) groups excluding carboxylic acids is 1. The first kappa shape index (κ1) is 13.3. The zero-order valence-electron chi connectivity index (χ0n) is 12.2. The first-order valence-electron chi connectivity index (χ1n) is 6.98. The van der Waals surface area contributed by atoms with E-state index in [0.29, 0.717) is 16.8 Å². The van der Waals surface area contributed by atoms with Gasteiger partial charge in [-0.05, 0) is 18.2 Å². The number of anilines is 1. The van der Waals surface area contributed by atoms with Gasteiger partial charge in [0.2, 0.25) is 0 Å². The number of aromatic amines is 2. The van der Waals surface area contributed by atoms with Crippen LogP contribution >= 0.6 is 0 Å². The summed E-state index contributed by atoms with van der Waals surface area (Å²) >= 11 is 0. The van der Waals surface area contributed by atoms with Gasteiger partial charge in [-0.2, -0.15) is 20.5 Å². The van der Waals surface area contributed by atoms with Crippen molar-refractivity contribution in [2.75, 3.05) is 5.32 Å². The highest BCUT2D eigenvalue weighted by molar-refractivity contribution is 6.09. The van der Waals surface area contributed by atoms with E-state index in [-0.39, 0.29) is 5.91 Å². The van der Waals surface area contributed by atoms with Crippen molar-refractivity contribution in [1.29, 1.82) is 0 Å². The number of rotatable bonds is 3. The molecule has 0 radical (unpaired) electrons. The molecule has 0 saturated heterocycles. The molecule has 0 spiro atoms. The normalized spacial score (nSPS) is 11.0. The number of amides is 1. The molecule has 0 aliphatic heterocycles. The van der Waals surface area contributed by atoms with Crippen molar-refractivity contribution in [2.24, 2.45) is 7.05 Å². The molecular formula is C15H13N7O. The van der Waals surface area contributed by atoms with Crippen molar-refractivity contribution < 1.29 is 4.79 Å². The second-order valence-electron chi connectivity index (χ2n) is 5.17. The minimum atomic E-state index is -0.201. The second kappa shape index (κ2) is 5.09. The highest BCUT2D eigenvalue weighted by atomic mass is 16.1. The number of aryl methyl sites for hydroxylation is 1. The minimum Gasteiger partial charge on any atom is -0.366 e. The van der Waals surface area contributed by atoms with Crippen molar-refractivity contribution >= 4 is 22.6 Å². The SMILES string of the molecule is Cn1cc(-c2c[nH]cc2C(=O)Nc2ccc3n[nH]nc3c2)cn1. The van der Waals surface area contributed by atoms with Crippen molar-refractivity contribution in [1.82, 2.24) is 30.2 Å². The van der Waals surface area contributed by atoms with Crippen LogP contribution in [0.1, 0.15) is 10.4 Å². The number of hydrogen-bond donors (Lipinski definition) is 3. The summed E-state index contributed by atoms with van der Waals surface area (Å²) in [5, 5.41) is 17.6. The Hall–Kier alpha value is -3.42. The fourth-order valence-corrected chi connectivity index (χ4v) is 2.47. The van der Waals surface area contributed by atoms with Crippen molar-refractivity contribution in [2.45, 2.75) is 0 Å². The summed E-state index contributed by atoms with van der Waals surface area (Å²) in [6.45, 7) is 0. The molecule has 1 amide bonds. The molecule has 0 fully saturated rings. The molecule has 23 heavy (non-hydrogen) atoms. The Labute approximate surface area is 130 Å². The molecule has 3 heterocycles. The number of fused-ring (bicyclic) bond motifs is 1. The van der Waals surface area contributed by atoms with Gasteiger partial charge in [-0.25, -0.2) is 0 Å². The number of nitrogens with one attached hydrogen (secondary N) is 3. The number of aromatic nitrogens is 6. The first-order chi connectivity index (χ1) is 11.2. The van der Waals surface area contributed by atoms with Gasteiger partial charge in [0.25, 0.3) is 5.91 Å². The van der Waals surface area contributed by atoms with Crippen molar-refractivity contribution in [3.63, 3.8) is 0 Å². The van der Waals surface area contributed by atoms with Gasteiger partial charge in [-0.3, -0.25) is 9.48 Å². The predicted molar refractivity (Wildman–Crippen MR) is 84.8 cm³/mol. The summed E-state index contributed by atoms with van der Waals surface area (Å²) in [5.74, 6) is -0.201. The zero-order valence-corrected chi connectivity index (χ0v) is 12.2. The fourth-order valence-electron chi connectivity index (χ4n) is 2.47. The van der Waals surface area contributed by atoms with E-state index in [9.17, 15) is 4.79 Å². The Morgan fingerprint density at radius 3 is 2.91 bits per heavy atom. The summed E-state index contributed by atoms with van der Waals surface area (Å²) in [4.78, 5) is 15.5. The third kappa shape index (κ3) is 2.35. The molecule has 0 bridgehead atoms. The van der Waals surface area contributed by atoms with Crippen molar-refractivity contribution in [3.8, 4) is 11.1 Å². The molecule has 3 aromatic heterocycles. The molecule has 114 valence electrons. The van der Waals surface area contributed by atoms with Crippen LogP contribution < -0.4 is 5.32 Å². The summed E-state index contributed by atoms with van der Waals surface area (Å²) in [7, 11) is 1.84. The molecule has 8 heteroatoms. The Bertz CT molecular complexity index is 994. The average Bonchev–Trinajstić information content (AvgIpc) is 3.26. The lowest BCUT2D eigenvalue weighted by Crippen LogP contribution is -2.11. The molecule has 0 atom stereocenters. The fraction of sp³-hybridized carbons (Fsp3) is 0.0667. The maximum atomic E-state index is 12.5. The first-order valence-corrected chi connectivity index (χ1v) is 6.98. The van der Waals surface area contributed by atoms with Crippen LogP contribution in [0.15, 0.2) is 43.0 Å². The van der Waals surface area contributed by atoms with Gasteiger partial charge in [0.15, 0.2) is 0 Å². The molecule has 1 aromatic carbocycles. The molecule has 8 nitrogen and oxygen atoms in total. The van der Waals surface area contributed by atoms with E-state index in [1.165, 1.54) is 0 Å². The summed E-state index contributed by atoms with van der Waals surface area (Å²) in [5.41, 5.74) is 4.35. The molecule has 4 rings (SSSR count). The summed E-state index contributed by atoms with van der Waals surface area (Å²) in [6.07, 6.45) is 7.04. The zero-order chi connectivity index (χ0) is 15.8. The van der Waals surface area contributed by atoms with Gasteiger partial charge in [0.05, 0.1) is 11.8 Å². The smallest absolute Gasteiger partial charge is 0.257 e. The molecule has 4 aromatic rings. The van der Waals surface area contributed by atoms with E-state index in [1.807, 2.05) is 13.2 Å². The van der Waals surface area contributed by atoms with Gasteiger partial charge in [0.1, 0.15) is 11.0 Å². The second-order valence-corrected chi connectivity index (χ2v) is 5.17.